The molecule has 0 aliphatic rings. The van der Waals surface area contributed by atoms with Crippen LogP contribution in [0.2, 0.25) is 0 Å². The van der Waals surface area contributed by atoms with Crippen LogP contribution in [-0.2, 0) is 4.74 Å². The summed E-state index contributed by atoms with van der Waals surface area (Å²) in [5.74, 6) is 0. The van der Waals surface area contributed by atoms with Gasteiger partial charge in [0.05, 0.1) is 12.9 Å². The van der Waals surface area contributed by atoms with E-state index in [1.54, 1.807) is 6.08 Å². The van der Waals surface area contributed by atoms with Crippen LogP contribution in [0.15, 0.2) is 12.3 Å². The van der Waals surface area contributed by atoms with Crippen molar-refractivity contribution < 1.29 is 9.84 Å². The van der Waals surface area contributed by atoms with Crippen molar-refractivity contribution in [3.63, 3.8) is 0 Å². The van der Waals surface area contributed by atoms with Crippen molar-refractivity contribution in [2.45, 2.75) is 26.2 Å². The minimum atomic E-state index is 0.528. The lowest BCUT2D eigenvalue weighted by molar-refractivity contribution is 0.156. The van der Waals surface area contributed by atoms with Crippen molar-refractivity contribution in [3.8, 4) is 0 Å². The Hall–Kier alpha value is -0.500. The van der Waals surface area contributed by atoms with Gasteiger partial charge >= 0.3 is 0 Å². The molecule has 0 bridgehead atoms. The molecular formula is C8H16O2. The topological polar surface area (TPSA) is 29.5 Å². The molecule has 2 heteroatoms. The fourth-order valence-corrected chi connectivity index (χ4v) is 0.649. The fourth-order valence-electron chi connectivity index (χ4n) is 0.649. The number of hydrogen-bond acceptors (Lipinski definition) is 2. The molecule has 0 fully saturated rings. The highest BCUT2D eigenvalue weighted by molar-refractivity contribution is 4.69. The third kappa shape index (κ3) is 7.50. The van der Waals surface area contributed by atoms with Crippen molar-refractivity contribution in [1.82, 2.24) is 0 Å². The van der Waals surface area contributed by atoms with E-state index in [2.05, 4.69) is 6.92 Å². The molecule has 2 nitrogen and oxygen atoms in total. The number of hydrogen-bond donors (Lipinski definition) is 1. The lowest BCUT2D eigenvalue weighted by Gasteiger charge is -1.97. The Bertz CT molecular complexity index is 79.3. The molecule has 0 saturated carbocycles. The van der Waals surface area contributed by atoms with Gasteiger partial charge in [-0.05, 0) is 12.5 Å². The Morgan fingerprint density at radius 1 is 1.40 bits per heavy atom. The quantitative estimate of drug-likeness (QED) is 0.457. The number of rotatable bonds is 6. The van der Waals surface area contributed by atoms with Crippen LogP contribution in [0.25, 0.3) is 0 Å². The first-order valence-electron chi connectivity index (χ1n) is 3.78. The van der Waals surface area contributed by atoms with Crippen LogP contribution in [0.1, 0.15) is 26.2 Å². The average Bonchev–Trinajstić information content (AvgIpc) is 1.97. The Balaban J connectivity index is 2.77. The molecular weight excluding hydrogens is 128 g/mol. The first-order valence-corrected chi connectivity index (χ1v) is 3.78. The molecule has 0 unspecified atom stereocenters. The van der Waals surface area contributed by atoms with Gasteiger partial charge in [0.25, 0.3) is 0 Å². The maximum absolute atomic E-state index is 8.21. The number of ether oxygens (including phenoxy) is 1. The van der Waals surface area contributed by atoms with E-state index in [0.29, 0.717) is 6.61 Å². The normalized spacial score (nSPS) is 10.9. The minimum absolute atomic E-state index is 0.528. The summed E-state index contributed by atoms with van der Waals surface area (Å²) >= 11 is 0. The lowest BCUT2D eigenvalue weighted by Crippen LogP contribution is -1.93. The molecule has 0 aromatic rings. The molecule has 0 aliphatic heterocycles. The van der Waals surface area contributed by atoms with Gasteiger partial charge in [-0.1, -0.05) is 19.8 Å². The van der Waals surface area contributed by atoms with E-state index in [1.165, 1.54) is 12.8 Å². The van der Waals surface area contributed by atoms with Gasteiger partial charge in [-0.3, -0.25) is 0 Å². The maximum atomic E-state index is 8.21. The van der Waals surface area contributed by atoms with Crippen molar-refractivity contribution >= 4 is 0 Å². The van der Waals surface area contributed by atoms with E-state index >= 15 is 0 Å². The largest absolute Gasteiger partial charge is 0.516 e. The van der Waals surface area contributed by atoms with E-state index in [1.807, 2.05) is 0 Å². The Labute approximate surface area is 62.5 Å². The number of aliphatic hydroxyl groups excluding tert-OH is 1. The van der Waals surface area contributed by atoms with Crippen molar-refractivity contribution in [1.29, 1.82) is 0 Å². The zero-order chi connectivity index (χ0) is 7.66. The van der Waals surface area contributed by atoms with Gasteiger partial charge in [0.1, 0.15) is 0 Å². The standard InChI is InChI=1S/C8H16O2/c1-2-3-4-7-10-8-5-6-9/h5-6,9H,2-4,7-8H2,1H3. The maximum Gasteiger partial charge on any atom is 0.0774 e. The van der Waals surface area contributed by atoms with Gasteiger partial charge in [-0.2, -0.15) is 0 Å². The zero-order valence-electron chi connectivity index (χ0n) is 6.55. The van der Waals surface area contributed by atoms with Crippen molar-refractivity contribution in [3.05, 3.63) is 12.3 Å². The van der Waals surface area contributed by atoms with Gasteiger partial charge < -0.3 is 9.84 Å². The van der Waals surface area contributed by atoms with Crippen LogP contribution in [0, 0.1) is 0 Å². The summed E-state index contributed by atoms with van der Waals surface area (Å²) in [6.07, 6.45) is 6.17. The first kappa shape index (κ1) is 9.50. The predicted octanol–water partition coefficient (Wildman–Crippen LogP) is 2.26. The second-order valence-electron chi connectivity index (χ2n) is 2.17. The predicted molar refractivity (Wildman–Crippen MR) is 42.1 cm³/mol. The first-order chi connectivity index (χ1) is 4.91. The summed E-state index contributed by atoms with van der Waals surface area (Å²) in [6.45, 7) is 3.49. The van der Waals surface area contributed by atoms with Gasteiger partial charge in [-0.25, -0.2) is 0 Å². The van der Waals surface area contributed by atoms with E-state index in [-0.39, 0.29) is 0 Å². The van der Waals surface area contributed by atoms with Crippen LogP contribution in [-0.4, -0.2) is 18.3 Å². The van der Waals surface area contributed by atoms with E-state index in [4.69, 9.17) is 9.84 Å². The SMILES string of the molecule is CCCCCOCC=CO. The van der Waals surface area contributed by atoms with Crippen LogP contribution in [0.3, 0.4) is 0 Å². The highest BCUT2D eigenvalue weighted by Gasteiger charge is 1.84. The molecule has 0 aliphatic carbocycles. The highest BCUT2D eigenvalue weighted by atomic mass is 16.5. The molecule has 60 valence electrons. The van der Waals surface area contributed by atoms with Gasteiger partial charge in [0.15, 0.2) is 0 Å². The third-order valence-corrected chi connectivity index (χ3v) is 1.21. The molecule has 0 amide bonds. The minimum Gasteiger partial charge on any atom is -0.516 e. The van der Waals surface area contributed by atoms with Gasteiger partial charge in [0.2, 0.25) is 0 Å². The average molecular weight is 144 g/mol. The summed E-state index contributed by atoms with van der Waals surface area (Å²) in [5.41, 5.74) is 0. The molecule has 0 radical (unpaired) electrons. The molecule has 0 aromatic heterocycles. The summed E-state index contributed by atoms with van der Waals surface area (Å²) in [5, 5.41) is 8.21. The van der Waals surface area contributed by atoms with E-state index < -0.39 is 0 Å². The second-order valence-corrected chi connectivity index (χ2v) is 2.17. The summed E-state index contributed by atoms with van der Waals surface area (Å²) in [6, 6.07) is 0. The second kappa shape index (κ2) is 8.50. The van der Waals surface area contributed by atoms with Crippen LogP contribution in [0.5, 0.6) is 0 Å². The van der Waals surface area contributed by atoms with Crippen LogP contribution < -0.4 is 0 Å². The summed E-state index contributed by atoms with van der Waals surface area (Å²) < 4.78 is 5.13. The molecule has 0 aromatic carbocycles. The summed E-state index contributed by atoms with van der Waals surface area (Å²) in [7, 11) is 0. The van der Waals surface area contributed by atoms with Crippen molar-refractivity contribution in [2.75, 3.05) is 13.2 Å². The molecule has 0 heterocycles. The summed E-state index contributed by atoms with van der Waals surface area (Å²) in [4.78, 5) is 0. The van der Waals surface area contributed by atoms with Gasteiger partial charge in [-0.15, -0.1) is 0 Å². The van der Waals surface area contributed by atoms with Crippen LogP contribution in [0.4, 0.5) is 0 Å². The number of aliphatic hydroxyl groups is 1. The van der Waals surface area contributed by atoms with Gasteiger partial charge in [0, 0.05) is 6.61 Å². The Morgan fingerprint density at radius 3 is 2.80 bits per heavy atom. The Morgan fingerprint density at radius 2 is 2.20 bits per heavy atom. The molecule has 0 rings (SSSR count). The zero-order valence-corrected chi connectivity index (χ0v) is 6.55. The van der Waals surface area contributed by atoms with E-state index in [9.17, 15) is 0 Å². The molecule has 0 spiro atoms. The highest BCUT2D eigenvalue weighted by Crippen LogP contribution is 1.93. The van der Waals surface area contributed by atoms with Crippen LogP contribution >= 0.6 is 0 Å². The Kier molecular flexibility index (Phi) is 8.07. The lowest BCUT2D eigenvalue weighted by atomic mass is 10.3. The van der Waals surface area contributed by atoms with E-state index in [0.717, 1.165) is 19.3 Å². The molecule has 0 atom stereocenters. The molecule has 10 heavy (non-hydrogen) atoms. The fraction of sp³-hybridized carbons (Fsp3) is 0.750. The molecule has 0 saturated heterocycles. The smallest absolute Gasteiger partial charge is 0.0774 e. The molecule has 1 N–H and O–H groups in total. The number of unbranched alkanes of at least 4 members (excludes halogenated alkanes) is 2. The van der Waals surface area contributed by atoms with Crippen molar-refractivity contribution in [2.24, 2.45) is 0 Å². The third-order valence-electron chi connectivity index (χ3n) is 1.21. The monoisotopic (exact) mass is 144 g/mol.